The maximum absolute atomic E-state index is 4.21. The van der Waals surface area contributed by atoms with Crippen molar-refractivity contribution in [3.05, 3.63) is 54.5 Å². The van der Waals surface area contributed by atoms with E-state index in [0.29, 0.717) is 6.04 Å². The zero-order valence-electron chi connectivity index (χ0n) is 13.0. The van der Waals surface area contributed by atoms with E-state index in [1.807, 2.05) is 6.07 Å². The number of rotatable bonds is 6. The molecule has 0 radical (unpaired) electrons. The molecule has 1 aromatic heterocycles. The topological polar surface area (TPSA) is 41.0 Å². The van der Waals surface area contributed by atoms with Gasteiger partial charge in [-0.3, -0.25) is 4.90 Å². The molecule has 4 heteroatoms. The van der Waals surface area contributed by atoms with Crippen molar-refractivity contribution in [3.8, 4) is 0 Å². The monoisotopic (exact) mass is 296 g/mol. The van der Waals surface area contributed by atoms with E-state index < -0.39 is 0 Å². The summed E-state index contributed by atoms with van der Waals surface area (Å²) in [4.78, 5) is 10.8. The Balaban J connectivity index is 1.51. The van der Waals surface area contributed by atoms with Crippen LogP contribution in [0.25, 0.3) is 0 Å². The van der Waals surface area contributed by atoms with E-state index in [0.717, 1.165) is 25.3 Å². The van der Waals surface area contributed by atoms with Crippen molar-refractivity contribution in [1.82, 2.24) is 14.9 Å². The van der Waals surface area contributed by atoms with Crippen LogP contribution in [0.15, 0.2) is 48.9 Å². The normalized spacial score (nSPS) is 19.0. The Bertz CT molecular complexity index is 544. The molecule has 0 aliphatic carbocycles. The molecule has 0 amide bonds. The molecule has 0 saturated carbocycles. The lowest BCUT2D eigenvalue weighted by Gasteiger charge is -2.36. The highest BCUT2D eigenvalue weighted by molar-refractivity contribution is 5.31. The molecule has 1 saturated heterocycles. The number of likely N-dealkylation sites (tertiary alicyclic amines) is 1. The lowest BCUT2D eigenvalue weighted by Crippen LogP contribution is -2.40. The van der Waals surface area contributed by atoms with Crippen molar-refractivity contribution in [3.63, 3.8) is 0 Å². The molecular formula is C18H24N4. The molecule has 1 fully saturated rings. The van der Waals surface area contributed by atoms with Gasteiger partial charge in [-0.15, -0.1) is 0 Å². The Kier molecular flexibility index (Phi) is 5.37. The van der Waals surface area contributed by atoms with E-state index in [-0.39, 0.29) is 0 Å². The van der Waals surface area contributed by atoms with E-state index >= 15 is 0 Å². The smallest absolute Gasteiger partial charge is 0.129 e. The molecule has 4 nitrogen and oxygen atoms in total. The molecule has 1 aromatic carbocycles. The summed E-state index contributed by atoms with van der Waals surface area (Å²) >= 11 is 0. The van der Waals surface area contributed by atoms with Gasteiger partial charge in [-0.2, -0.15) is 0 Å². The highest BCUT2D eigenvalue weighted by Gasteiger charge is 2.21. The van der Waals surface area contributed by atoms with Gasteiger partial charge in [0.1, 0.15) is 12.1 Å². The molecule has 1 N–H and O–H groups in total. The van der Waals surface area contributed by atoms with E-state index in [1.165, 1.54) is 31.4 Å². The van der Waals surface area contributed by atoms with Gasteiger partial charge in [0, 0.05) is 25.3 Å². The number of aromatic nitrogens is 2. The number of nitrogens with zero attached hydrogens (tertiary/aromatic N) is 3. The molecule has 1 aliphatic heterocycles. The molecule has 0 unspecified atom stereocenters. The summed E-state index contributed by atoms with van der Waals surface area (Å²) in [5, 5.41) is 3.40. The highest BCUT2D eigenvalue weighted by Crippen LogP contribution is 2.22. The highest BCUT2D eigenvalue weighted by atomic mass is 15.2. The molecule has 2 aromatic rings. The molecular weight excluding hydrogens is 272 g/mol. The Labute approximate surface area is 132 Å². The predicted octanol–water partition coefficient (Wildman–Crippen LogP) is 3.33. The van der Waals surface area contributed by atoms with Crippen molar-refractivity contribution < 1.29 is 0 Å². The number of anilines is 1. The molecule has 116 valence electrons. The predicted molar refractivity (Wildman–Crippen MR) is 89.6 cm³/mol. The summed E-state index contributed by atoms with van der Waals surface area (Å²) in [6, 6.07) is 13.4. The molecule has 0 spiro atoms. The first kappa shape index (κ1) is 15.0. The van der Waals surface area contributed by atoms with Gasteiger partial charge in [-0.05, 0) is 37.4 Å². The molecule has 1 aliphatic rings. The number of piperidine rings is 1. The first-order valence-corrected chi connectivity index (χ1v) is 8.20. The lowest BCUT2D eigenvalue weighted by molar-refractivity contribution is 0.135. The van der Waals surface area contributed by atoms with E-state index in [2.05, 4.69) is 50.5 Å². The van der Waals surface area contributed by atoms with Crippen LogP contribution in [0.2, 0.25) is 0 Å². The van der Waals surface area contributed by atoms with Crippen LogP contribution in [0.4, 0.5) is 5.82 Å². The van der Waals surface area contributed by atoms with Crippen LogP contribution in [-0.4, -0.2) is 34.0 Å². The zero-order chi connectivity index (χ0) is 15.0. The van der Waals surface area contributed by atoms with Crippen LogP contribution >= 0.6 is 0 Å². The quantitative estimate of drug-likeness (QED) is 0.887. The van der Waals surface area contributed by atoms with Gasteiger partial charge >= 0.3 is 0 Å². The molecule has 22 heavy (non-hydrogen) atoms. The summed E-state index contributed by atoms with van der Waals surface area (Å²) in [6.45, 7) is 3.25. The van der Waals surface area contributed by atoms with E-state index in [1.54, 1.807) is 12.5 Å². The van der Waals surface area contributed by atoms with Crippen molar-refractivity contribution >= 4 is 5.82 Å². The van der Waals surface area contributed by atoms with Crippen LogP contribution in [0.1, 0.15) is 31.2 Å². The van der Waals surface area contributed by atoms with Gasteiger partial charge in [-0.1, -0.05) is 36.8 Å². The Morgan fingerprint density at radius 1 is 1.14 bits per heavy atom. The van der Waals surface area contributed by atoms with Crippen LogP contribution in [-0.2, 0) is 6.54 Å². The molecule has 0 bridgehead atoms. The minimum atomic E-state index is 0.670. The second-order valence-electron chi connectivity index (χ2n) is 5.92. The van der Waals surface area contributed by atoms with Crippen molar-refractivity contribution in [1.29, 1.82) is 0 Å². The van der Waals surface area contributed by atoms with Crippen LogP contribution in [0, 0.1) is 0 Å². The summed E-state index contributed by atoms with van der Waals surface area (Å²) in [6.07, 6.45) is 8.50. The van der Waals surface area contributed by atoms with Crippen LogP contribution in [0.3, 0.4) is 0 Å². The van der Waals surface area contributed by atoms with E-state index in [4.69, 9.17) is 0 Å². The minimum Gasteiger partial charge on any atom is -0.370 e. The second-order valence-corrected chi connectivity index (χ2v) is 5.92. The van der Waals surface area contributed by atoms with Gasteiger partial charge in [0.25, 0.3) is 0 Å². The van der Waals surface area contributed by atoms with Crippen molar-refractivity contribution in [2.75, 3.05) is 18.4 Å². The average molecular weight is 296 g/mol. The van der Waals surface area contributed by atoms with Gasteiger partial charge in [-0.25, -0.2) is 9.97 Å². The number of hydrogen-bond acceptors (Lipinski definition) is 4. The van der Waals surface area contributed by atoms with Crippen LogP contribution in [0.5, 0.6) is 0 Å². The first-order valence-electron chi connectivity index (χ1n) is 8.20. The van der Waals surface area contributed by atoms with Crippen molar-refractivity contribution in [2.45, 2.75) is 38.3 Å². The first-order chi connectivity index (χ1) is 10.9. The third-order valence-electron chi connectivity index (χ3n) is 4.34. The Morgan fingerprint density at radius 3 is 2.86 bits per heavy atom. The SMILES string of the molecule is c1ccc(CN2CCCC[C@H]2CCNc2ccncn2)cc1. The third kappa shape index (κ3) is 4.28. The van der Waals surface area contributed by atoms with Crippen molar-refractivity contribution in [2.24, 2.45) is 0 Å². The fourth-order valence-electron chi connectivity index (χ4n) is 3.18. The zero-order valence-corrected chi connectivity index (χ0v) is 13.0. The summed E-state index contributed by atoms with van der Waals surface area (Å²) < 4.78 is 0. The molecule has 1 atom stereocenters. The largest absolute Gasteiger partial charge is 0.370 e. The minimum absolute atomic E-state index is 0.670. The summed E-state index contributed by atoms with van der Waals surface area (Å²) in [7, 11) is 0. The molecule has 3 rings (SSSR count). The maximum Gasteiger partial charge on any atom is 0.129 e. The number of benzene rings is 1. The number of hydrogen-bond donors (Lipinski definition) is 1. The van der Waals surface area contributed by atoms with E-state index in [9.17, 15) is 0 Å². The third-order valence-corrected chi connectivity index (χ3v) is 4.34. The molecule has 2 heterocycles. The lowest BCUT2D eigenvalue weighted by atomic mass is 9.98. The van der Waals surface area contributed by atoms with Gasteiger partial charge in [0.15, 0.2) is 0 Å². The Morgan fingerprint density at radius 2 is 2.05 bits per heavy atom. The Hall–Kier alpha value is -1.94. The average Bonchev–Trinajstić information content (AvgIpc) is 2.58. The number of nitrogens with one attached hydrogen (secondary N) is 1. The summed E-state index contributed by atoms with van der Waals surface area (Å²) in [5.74, 6) is 0.917. The second kappa shape index (κ2) is 7.90. The summed E-state index contributed by atoms with van der Waals surface area (Å²) in [5.41, 5.74) is 1.41. The maximum atomic E-state index is 4.21. The fraction of sp³-hybridized carbons (Fsp3) is 0.444. The fourth-order valence-corrected chi connectivity index (χ4v) is 3.18. The standard InChI is InChI=1S/C18H24N4/c1-2-6-16(7-3-1)14-22-13-5-4-8-17(22)9-12-20-18-10-11-19-15-21-18/h1-3,6-7,10-11,15,17H,4-5,8-9,12-14H2,(H,19,20,21)/t17-/m0/s1. The van der Waals surface area contributed by atoms with Gasteiger partial charge in [0.05, 0.1) is 0 Å². The van der Waals surface area contributed by atoms with Gasteiger partial charge in [0.2, 0.25) is 0 Å². The van der Waals surface area contributed by atoms with Gasteiger partial charge < -0.3 is 5.32 Å². The van der Waals surface area contributed by atoms with Crippen LogP contribution < -0.4 is 5.32 Å².